The van der Waals surface area contributed by atoms with Crippen LogP contribution in [0.3, 0.4) is 0 Å². The molecular weight excluding hydrogens is 184 g/mol. The lowest BCUT2D eigenvalue weighted by molar-refractivity contribution is 1.22. The van der Waals surface area contributed by atoms with E-state index in [1.54, 1.807) is 6.20 Å². The molecule has 2 nitrogen and oxygen atoms in total. The monoisotopic (exact) mass is 198 g/mol. The number of nitriles is 1. The third kappa shape index (κ3) is 2.13. The number of aromatic nitrogens is 1. The summed E-state index contributed by atoms with van der Waals surface area (Å²) in [5, 5.41) is 10.9. The number of hydrogen-bond acceptors (Lipinski definition) is 2. The van der Waals surface area contributed by atoms with E-state index < -0.39 is 0 Å². The molecule has 76 valence electrons. The summed E-state index contributed by atoms with van der Waals surface area (Å²) in [7, 11) is 0. The van der Waals surface area contributed by atoms with Crippen LogP contribution in [0.2, 0.25) is 0 Å². The van der Waals surface area contributed by atoms with E-state index in [0.717, 1.165) is 16.5 Å². The predicted molar refractivity (Wildman–Crippen MR) is 62.5 cm³/mol. The largest absolute Gasteiger partial charge is 0.260 e. The first-order valence-electron chi connectivity index (χ1n) is 5.07. The number of rotatable bonds is 0. The summed E-state index contributed by atoms with van der Waals surface area (Å²) in [4.78, 5) is 4.16. The Hall–Kier alpha value is -1.88. The van der Waals surface area contributed by atoms with E-state index in [9.17, 15) is 0 Å². The van der Waals surface area contributed by atoms with Crippen molar-refractivity contribution in [2.75, 3.05) is 0 Å². The molecule has 0 fully saturated rings. The number of aryl methyl sites for hydroxylation is 1. The summed E-state index contributed by atoms with van der Waals surface area (Å²) in [5.74, 6) is 0. The van der Waals surface area contributed by atoms with Gasteiger partial charge in [0.25, 0.3) is 0 Å². The summed E-state index contributed by atoms with van der Waals surface area (Å²) in [5.41, 5.74) is 1.61. The van der Waals surface area contributed by atoms with Crippen molar-refractivity contribution in [1.82, 2.24) is 4.98 Å². The van der Waals surface area contributed by atoms with Crippen LogP contribution in [-0.4, -0.2) is 4.98 Å². The van der Waals surface area contributed by atoms with E-state index in [-0.39, 0.29) is 0 Å². The quantitative estimate of drug-likeness (QED) is 0.650. The molecule has 0 bridgehead atoms. The van der Waals surface area contributed by atoms with Gasteiger partial charge in [-0.1, -0.05) is 38.1 Å². The highest BCUT2D eigenvalue weighted by atomic mass is 14.7. The van der Waals surface area contributed by atoms with Gasteiger partial charge < -0.3 is 0 Å². The van der Waals surface area contributed by atoms with Crippen LogP contribution in [0.4, 0.5) is 0 Å². The standard InChI is InChI=1S/C11H8N2.C2H6/c1-8-10-4-2-3-5-11(10)9(6-12)7-13-8;1-2/h2-5,7H,1H3;1-2H3. The molecule has 0 saturated heterocycles. The zero-order chi connectivity index (χ0) is 11.3. The molecule has 0 amide bonds. The summed E-state index contributed by atoms with van der Waals surface area (Å²) in [6.07, 6.45) is 1.62. The van der Waals surface area contributed by atoms with Crippen LogP contribution in [0.1, 0.15) is 25.1 Å². The molecule has 2 aromatic rings. The Balaban J connectivity index is 0.000000531. The van der Waals surface area contributed by atoms with E-state index >= 15 is 0 Å². The van der Waals surface area contributed by atoms with Crippen molar-refractivity contribution >= 4 is 10.8 Å². The van der Waals surface area contributed by atoms with E-state index in [1.165, 1.54) is 0 Å². The van der Waals surface area contributed by atoms with Crippen molar-refractivity contribution in [3.8, 4) is 6.07 Å². The Kier molecular flexibility index (Phi) is 3.82. The molecule has 0 unspecified atom stereocenters. The van der Waals surface area contributed by atoms with Gasteiger partial charge in [0.05, 0.1) is 5.56 Å². The van der Waals surface area contributed by atoms with Gasteiger partial charge in [-0.05, 0) is 6.92 Å². The van der Waals surface area contributed by atoms with Gasteiger partial charge in [-0.2, -0.15) is 5.26 Å². The van der Waals surface area contributed by atoms with E-state index in [4.69, 9.17) is 5.26 Å². The molecule has 0 spiro atoms. The number of pyridine rings is 1. The normalized spacial score (nSPS) is 8.93. The van der Waals surface area contributed by atoms with Gasteiger partial charge in [-0.15, -0.1) is 0 Å². The highest BCUT2D eigenvalue weighted by Crippen LogP contribution is 2.19. The second-order valence-corrected chi connectivity index (χ2v) is 2.91. The van der Waals surface area contributed by atoms with Gasteiger partial charge >= 0.3 is 0 Å². The van der Waals surface area contributed by atoms with Crippen molar-refractivity contribution in [2.45, 2.75) is 20.8 Å². The van der Waals surface area contributed by atoms with Crippen molar-refractivity contribution in [2.24, 2.45) is 0 Å². The molecule has 0 aliphatic carbocycles. The minimum atomic E-state index is 0.640. The van der Waals surface area contributed by atoms with Crippen molar-refractivity contribution < 1.29 is 0 Å². The number of nitrogens with zero attached hydrogens (tertiary/aromatic N) is 2. The number of benzene rings is 1. The Bertz CT molecular complexity index is 495. The summed E-state index contributed by atoms with van der Waals surface area (Å²) < 4.78 is 0. The topological polar surface area (TPSA) is 36.7 Å². The third-order valence-corrected chi connectivity index (χ3v) is 2.11. The molecule has 0 saturated carbocycles. The second-order valence-electron chi connectivity index (χ2n) is 2.91. The molecule has 15 heavy (non-hydrogen) atoms. The van der Waals surface area contributed by atoms with E-state index in [1.807, 2.05) is 45.0 Å². The summed E-state index contributed by atoms with van der Waals surface area (Å²) in [6, 6.07) is 9.96. The lowest BCUT2D eigenvalue weighted by atomic mass is 10.1. The summed E-state index contributed by atoms with van der Waals surface area (Å²) >= 11 is 0. The van der Waals surface area contributed by atoms with Gasteiger partial charge in [0.2, 0.25) is 0 Å². The lowest BCUT2D eigenvalue weighted by Crippen LogP contribution is -1.87. The fourth-order valence-electron chi connectivity index (χ4n) is 1.42. The molecule has 0 radical (unpaired) electrons. The third-order valence-electron chi connectivity index (χ3n) is 2.11. The Morgan fingerprint density at radius 2 is 1.73 bits per heavy atom. The van der Waals surface area contributed by atoms with Crippen LogP contribution in [-0.2, 0) is 0 Å². The van der Waals surface area contributed by atoms with Crippen LogP contribution in [0.5, 0.6) is 0 Å². The average Bonchev–Trinajstić information content (AvgIpc) is 2.33. The molecule has 1 heterocycles. The predicted octanol–water partition coefficient (Wildman–Crippen LogP) is 3.44. The first-order chi connectivity index (χ1) is 7.33. The molecule has 2 heteroatoms. The van der Waals surface area contributed by atoms with Crippen molar-refractivity contribution in [3.63, 3.8) is 0 Å². The van der Waals surface area contributed by atoms with E-state index in [2.05, 4.69) is 11.1 Å². The maximum Gasteiger partial charge on any atom is 0.101 e. The molecule has 1 aromatic carbocycles. The highest BCUT2D eigenvalue weighted by molar-refractivity contribution is 5.88. The van der Waals surface area contributed by atoms with Crippen LogP contribution >= 0.6 is 0 Å². The Morgan fingerprint density at radius 1 is 1.13 bits per heavy atom. The maximum atomic E-state index is 8.84. The zero-order valence-electron chi connectivity index (χ0n) is 9.28. The van der Waals surface area contributed by atoms with Gasteiger partial charge in [-0.25, -0.2) is 0 Å². The fourth-order valence-corrected chi connectivity index (χ4v) is 1.42. The minimum absolute atomic E-state index is 0.640. The first-order valence-corrected chi connectivity index (χ1v) is 5.07. The maximum absolute atomic E-state index is 8.84. The lowest BCUT2D eigenvalue weighted by Gasteiger charge is -2.01. The van der Waals surface area contributed by atoms with Crippen LogP contribution < -0.4 is 0 Å². The van der Waals surface area contributed by atoms with Gasteiger partial charge in [-0.3, -0.25) is 4.98 Å². The molecule has 1 aromatic heterocycles. The first kappa shape index (κ1) is 11.2. The van der Waals surface area contributed by atoms with Crippen LogP contribution in [0.25, 0.3) is 10.8 Å². The van der Waals surface area contributed by atoms with Gasteiger partial charge in [0, 0.05) is 22.7 Å². The summed E-state index contributed by atoms with van der Waals surface area (Å²) in [6.45, 7) is 5.95. The molecule has 0 aliphatic rings. The Morgan fingerprint density at radius 3 is 2.33 bits per heavy atom. The van der Waals surface area contributed by atoms with Crippen LogP contribution in [0.15, 0.2) is 30.5 Å². The molecule has 0 aliphatic heterocycles. The Labute approximate surface area is 90.2 Å². The van der Waals surface area contributed by atoms with Gasteiger partial charge in [0.1, 0.15) is 6.07 Å². The fraction of sp³-hybridized carbons (Fsp3) is 0.231. The number of fused-ring (bicyclic) bond motifs is 1. The van der Waals surface area contributed by atoms with Crippen molar-refractivity contribution in [3.05, 3.63) is 41.7 Å². The molecule has 0 atom stereocenters. The smallest absolute Gasteiger partial charge is 0.101 e. The minimum Gasteiger partial charge on any atom is -0.260 e. The van der Waals surface area contributed by atoms with Crippen molar-refractivity contribution in [1.29, 1.82) is 5.26 Å². The SMILES string of the molecule is CC.Cc1ncc(C#N)c2ccccc12. The second kappa shape index (κ2) is 5.11. The average molecular weight is 198 g/mol. The molecule has 2 rings (SSSR count). The van der Waals surface area contributed by atoms with Gasteiger partial charge in [0.15, 0.2) is 0 Å². The zero-order valence-corrected chi connectivity index (χ0v) is 9.28. The molecular formula is C13H14N2. The highest BCUT2D eigenvalue weighted by Gasteiger charge is 2.01. The van der Waals surface area contributed by atoms with E-state index in [0.29, 0.717) is 5.56 Å². The number of hydrogen-bond donors (Lipinski definition) is 0. The van der Waals surface area contributed by atoms with Crippen LogP contribution in [0, 0.1) is 18.3 Å². The molecule has 0 N–H and O–H groups in total.